The average Bonchev–Trinajstić information content (AvgIpc) is 3.11. The first-order chi connectivity index (χ1) is 10.2. The number of H-pyrrole nitrogens is 1. The number of rotatable bonds is 2. The van der Waals surface area contributed by atoms with Crippen molar-refractivity contribution >= 4 is 44.0 Å². The van der Waals surface area contributed by atoms with Gasteiger partial charge in [-0.3, -0.25) is 4.79 Å². The molecular weight excluding hydrogens is 346 g/mol. The van der Waals surface area contributed by atoms with E-state index in [2.05, 4.69) is 27.0 Å². The SMILES string of the molecule is O=C(c1cc2c(s1)CCCC2)c1c[nH]c2cccc(Br)c12. The van der Waals surface area contributed by atoms with Crippen LogP contribution in [0.3, 0.4) is 0 Å². The molecule has 0 unspecified atom stereocenters. The second-order valence-electron chi connectivity index (χ2n) is 5.46. The summed E-state index contributed by atoms with van der Waals surface area (Å²) in [6, 6.07) is 8.06. The van der Waals surface area contributed by atoms with Crippen LogP contribution in [0.5, 0.6) is 0 Å². The van der Waals surface area contributed by atoms with E-state index in [0.717, 1.165) is 38.7 Å². The van der Waals surface area contributed by atoms with Crippen LogP contribution < -0.4 is 0 Å². The van der Waals surface area contributed by atoms with Gasteiger partial charge in [-0.1, -0.05) is 22.0 Å². The number of hydrogen-bond acceptors (Lipinski definition) is 2. The Morgan fingerprint density at radius 1 is 1.24 bits per heavy atom. The molecule has 0 saturated carbocycles. The van der Waals surface area contributed by atoms with E-state index < -0.39 is 0 Å². The molecule has 2 aromatic heterocycles. The lowest BCUT2D eigenvalue weighted by atomic mass is 9.98. The first-order valence-corrected chi connectivity index (χ1v) is 8.77. The molecule has 1 N–H and O–H groups in total. The molecule has 106 valence electrons. The summed E-state index contributed by atoms with van der Waals surface area (Å²) >= 11 is 5.23. The summed E-state index contributed by atoms with van der Waals surface area (Å²) in [5, 5.41) is 0.980. The van der Waals surface area contributed by atoms with E-state index in [1.165, 1.54) is 23.3 Å². The van der Waals surface area contributed by atoms with Crippen LogP contribution in [-0.2, 0) is 12.8 Å². The number of carbonyl (C=O) groups excluding carboxylic acids is 1. The molecule has 0 atom stereocenters. The fraction of sp³-hybridized carbons (Fsp3) is 0.235. The van der Waals surface area contributed by atoms with Crippen LogP contribution >= 0.6 is 27.3 Å². The Morgan fingerprint density at radius 3 is 2.95 bits per heavy atom. The lowest BCUT2D eigenvalue weighted by molar-refractivity contribution is 0.104. The predicted molar refractivity (Wildman–Crippen MR) is 90.4 cm³/mol. The molecule has 1 aliphatic rings. The van der Waals surface area contributed by atoms with E-state index >= 15 is 0 Å². The molecule has 0 spiro atoms. The van der Waals surface area contributed by atoms with Crippen LogP contribution in [0.2, 0.25) is 0 Å². The van der Waals surface area contributed by atoms with E-state index in [1.54, 1.807) is 11.3 Å². The minimum absolute atomic E-state index is 0.132. The van der Waals surface area contributed by atoms with Crippen molar-refractivity contribution in [1.82, 2.24) is 4.98 Å². The molecule has 0 saturated heterocycles. The number of fused-ring (bicyclic) bond motifs is 2. The first kappa shape index (κ1) is 13.3. The molecule has 4 rings (SSSR count). The van der Waals surface area contributed by atoms with Crippen molar-refractivity contribution in [3.05, 3.63) is 55.8 Å². The Kier molecular flexibility index (Phi) is 3.23. The lowest BCUT2D eigenvalue weighted by Crippen LogP contribution is -1.98. The standard InChI is InChI=1S/C17H14BrNOS/c18-12-5-3-6-13-16(12)11(9-19-13)17(20)15-8-10-4-1-2-7-14(10)21-15/h3,5-6,8-9,19H,1-2,4,7H2. The van der Waals surface area contributed by atoms with E-state index in [1.807, 2.05) is 24.4 Å². The van der Waals surface area contributed by atoms with Gasteiger partial charge in [-0.2, -0.15) is 0 Å². The van der Waals surface area contributed by atoms with Crippen LogP contribution in [0.1, 0.15) is 38.5 Å². The summed E-state index contributed by atoms with van der Waals surface area (Å²) in [6.07, 6.45) is 6.58. The van der Waals surface area contributed by atoms with Crippen LogP contribution in [0, 0.1) is 0 Å². The van der Waals surface area contributed by atoms with Crippen LogP contribution in [0.25, 0.3) is 10.9 Å². The van der Waals surface area contributed by atoms with Gasteiger partial charge in [-0.05, 0) is 49.4 Å². The quantitative estimate of drug-likeness (QED) is 0.634. The van der Waals surface area contributed by atoms with Gasteiger partial charge in [-0.15, -0.1) is 11.3 Å². The van der Waals surface area contributed by atoms with Gasteiger partial charge in [0, 0.05) is 32.0 Å². The smallest absolute Gasteiger partial charge is 0.205 e. The van der Waals surface area contributed by atoms with E-state index in [9.17, 15) is 4.79 Å². The normalized spacial score (nSPS) is 14.3. The zero-order valence-corrected chi connectivity index (χ0v) is 13.8. The Morgan fingerprint density at radius 2 is 2.10 bits per heavy atom. The molecule has 21 heavy (non-hydrogen) atoms. The second-order valence-corrected chi connectivity index (χ2v) is 7.45. The molecule has 3 aromatic rings. The highest BCUT2D eigenvalue weighted by Crippen LogP contribution is 2.33. The van der Waals surface area contributed by atoms with Crippen molar-refractivity contribution in [2.45, 2.75) is 25.7 Å². The molecule has 0 aliphatic heterocycles. The third kappa shape index (κ3) is 2.17. The Balaban J connectivity index is 1.81. The van der Waals surface area contributed by atoms with Crippen LogP contribution in [-0.4, -0.2) is 10.8 Å². The van der Waals surface area contributed by atoms with Gasteiger partial charge in [-0.25, -0.2) is 0 Å². The highest BCUT2D eigenvalue weighted by atomic mass is 79.9. The summed E-state index contributed by atoms with van der Waals surface area (Å²) in [5.74, 6) is 0.132. The number of nitrogens with one attached hydrogen (secondary N) is 1. The number of aromatic amines is 1. The molecular formula is C17H14BrNOS. The van der Waals surface area contributed by atoms with Crippen molar-refractivity contribution in [3.63, 3.8) is 0 Å². The fourth-order valence-electron chi connectivity index (χ4n) is 3.05. The van der Waals surface area contributed by atoms with E-state index in [4.69, 9.17) is 0 Å². The summed E-state index contributed by atoms with van der Waals surface area (Å²) in [7, 11) is 0. The molecule has 1 aromatic carbocycles. The zero-order valence-electron chi connectivity index (χ0n) is 11.4. The third-order valence-electron chi connectivity index (χ3n) is 4.12. The number of ketones is 1. The van der Waals surface area contributed by atoms with Crippen molar-refractivity contribution in [3.8, 4) is 0 Å². The molecule has 2 heterocycles. The summed E-state index contributed by atoms with van der Waals surface area (Å²) in [4.78, 5) is 18.3. The number of aryl methyl sites for hydroxylation is 2. The van der Waals surface area contributed by atoms with Gasteiger partial charge in [0.1, 0.15) is 0 Å². The second kappa shape index (κ2) is 5.11. The maximum atomic E-state index is 12.9. The molecule has 0 bridgehead atoms. The minimum atomic E-state index is 0.132. The molecule has 2 nitrogen and oxygen atoms in total. The van der Waals surface area contributed by atoms with Crippen LogP contribution in [0.15, 0.2) is 34.9 Å². The van der Waals surface area contributed by atoms with Gasteiger partial charge < -0.3 is 4.98 Å². The van der Waals surface area contributed by atoms with E-state index in [-0.39, 0.29) is 5.78 Å². The Hall–Kier alpha value is -1.39. The first-order valence-electron chi connectivity index (χ1n) is 7.16. The third-order valence-corrected chi connectivity index (χ3v) is 6.02. The Bertz CT molecular complexity index is 822. The Labute approximate surface area is 135 Å². The largest absolute Gasteiger partial charge is 0.360 e. The van der Waals surface area contributed by atoms with Crippen molar-refractivity contribution < 1.29 is 4.79 Å². The maximum Gasteiger partial charge on any atom is 0.205 e. The monoisotopic (exact) mass is 359 g/mol. The van der Waals surface area contributed by atoms with Crippen molar-refractivity contribution in [2.24, 2.45) is 0 Å². The van der Waals surface area contributed by atoms with Crippen molar-refractivity contribution in [2.75, 3.05) is 0 Å². The van der Waals surface area contributed by atoms with Crippen molar-refractivity contribution in [1.29, 1.82) is 0 Å². The summed E-state index contributed by atoms with van der Waals surface area (Å²) in [6.45, 7) is 0. The maximum absolute atomic E-state index is 12.9. The van der Waals surface area contributed by atoms with Crippen LogP contribution in [0.4, 0.5) is 0 Å². The van der Waals surface area contributed by atoms with E-state index in [0.29, 0.717) is 0 Å². The van der Waals surface area contributed by atoms with Gasteiger partial charge in [0.25, 0.3) is 0 Å². The number of aromatic nitrogens is 1. The van der Waals surface area contributed by atoms with Gasteiger partial charge in [0.05, 0.1) is 4.88 Å². The van der Waals surface area contributed by atoms with Gasteiger partial charge in [0.2, 0.25) is 5.78 Å². The number of thiophene rings is 1. The summed E-state index contributed by atoms with van der Waals surface area (Å²) < 4.78 is 0.964. The molecule has 0 fully saturated rings. The van der Waals surface area contributed by atoms with Gasteiger partial charge in [0.15, 0.2) is 0 Å². The summed E-state index contributed by atoms with van der Waals surface area (Å²) in [5.41, 5.74) is 3.14. The topological polar surface area (TPSA) is 32.9 Å². The molecule has 0 amide bonds. The number of hydrogen-bond donors (Lipinski definition) is 1. The minimum Gasteiger partial charge on any atom is -0.360 e. The zero-order chi connectivity index (χ0) is 14.4. The number of benzene rings is 1. The highest BCUT2D eigenvalue weighted by molar-refractivity contribution is 9.10. The fourth-order valence-corrected chi connectivity index (χ4v) is 4.84. The number of halogens is 1. The van der Waals surface area contributed by atoms with Gasteiger partial charge >= 0.3 is 0 Å². The highest BCUT2D eigenvalue weighted by Gasteiger charge is 2.21. The predicted octanol–water partition coefficient (Wildman–Crippen LogP) is 5.10. The molecule has 4 heteroatoms. The lowest BCUT2D eigenvalue weighted by Gasteiger charge is -2.08. The number of carbonyl (C=O) groups is 1. The average molecular weight is 360 g/mol. The molecule has 0 radical (unpaired) electrons. The molecule has 1 aliphatic carbocycles.